The van der Waals surface area contributed by atoms with Crippen LogP contribution in [0, 0.1) is 11.2 Å². The van der Waals surface area contributed by atoms with Gasteiger partial charge in [0, 0.05) is 6.04 Å². The summed E-state index contributed by atoms with van der Waals surface area (Å²) in [6, 6.07) is 1.98. The maximum atomic E-state index is 13.9. The van der Waals surface area contributed by atoms with Gasteiger partial charge < -0.3 is 15.2 Å². The largest absolute Gasteiger partial charge is 0.489 e. The van der Waals surface area contributed by atoms with E-state index in [2.05, 4.69) is 0 Å². The Hall–Kier alpha value is -1.33. The lowest BCUT2D eigenvalue weighted by atomic mass is 9.81. The van der Waals surface area contributed by atoms with Crippen molar-refractivity contribution in [3.8, 4) is 5.75 Å². The molecule has 0 aliphatic heterocycles. The predicted molar refractivity (Wildman–Crippen MR) is 75.3 cm³/mol. The molecule has 0 fully saturated rings. The Balaban J connectivity index is 3.18. The Labute approximate surface area is 123 Å². The Morgan fingerprint density at radius 2 is 2.10 bits per heavy atom. The quantitative estimate of drug-likeness (QED) is 0.849. The molecule has 20 heavy (non-hydrogen) atoms. The highest BCUT2D eigenvalue weighted by molar-refractivity contribution is 6.32. The molecule has 0 saturated carbocycles. The van der Waals surface area contributed by atoms with Crippen LogP contribution >= 0.6 is 11.6 Å². The van der Waals surface area contributed by atoms with Gasteiger partial charge in [-0.05, 0) is 38.5 Å². The zero-order chi connectivity index (χ0) is 15.5. The molecule has 0 unspecified atom stereocenters. The molecule has 0 aromatic heterocycles. The topological polar surface area (TPSA) is 61.5 Å². The van der Waals surface area contributed by atoms with Gasteiger partial charge in [-0.1, -0.05) is 11.6 Å². The van der Waals surface area contributed by atoms with Gasteiger partial charge in [0.15, 0.2) is 11.6 Å². The third-order valence-electron chi connectivity index (χ3n) is 3.16. The molecule has 112 valence electrons. The smallest absolute Gasteiger partial charge is 0.313 e. The summed E-state index contributed by atoms with van der Waals surface area (Å²) in [6.45, 7) is 5.29. The first-order chi connectivity index (χ1) is 9.25. The number of methoxy groups -OCH3 is 1. The highest BCUT2D eigenvalue weighted by Gasteiger charge is 2.37. The number of rotatable bonds is 5. The molecule has 1 aromatic carbocycles. The SMILES string of the molecule is CCOc1c(F)cc([C@@H](N)C(C)(C)C(=O)OC)cc1Cl. The van der Waals surface area contributed by atoms with Gasteiger partial charge in [-0.2, -0.15) is 0 Å². The summed E-state index contributed by atoms with van der Waals surface area (Å²) in [5.74, 6) is -1.10. The van der Waals surface area contributed by atoms with Gasteiger partial charge in [0.1, 0.15) is 0 Å². The van der Waals surface area contributed by atoms with Gasteiger partial charge in [-0.3, -0.25) is 4.79 Å². The molecule has 0 radical (unpaired) electrons. The molecule has 1 atom stereocenters. The van der Waals surface area contributed by atoms with E-state index in [-0.39, 0.29) is 10.8 Å². The fraction of sp³-hybridized carbons (Fsp3) is 0.500. The number of carbonyl (C=O) groups excluding carboxylic acids is 1. The van der Waals surface area contributed by atoms with Crippen LogP contribution in [0.2, 0.25) is 5.02 Å². The molecule has 0 bridgehead atoms. The van der Waals surface area contributed by atoms with Crippen LogP contribution in [0.3, 0.4) is 0 Å². The molecule has 0 saturated heterocycles. The molecule has 1 aromatic rings. The molecule has 6 heteroatoms. The van der Waals surface area contributed by atoms with Crippen LogP contribution in [-0.2, 0) is 9.53 Å². The highest BCUT2D eigenvalue weighted by Crippen LogP contribution is 2.37. The number of carbonyl (C=O) groups is 1. The van der Waals surface area contributed by atoms with Crippen molar-refractivity contribution >= 4 is 17.6 Å². The molecule has 1 rings (SSSR count). The number of ether oxygens (including phenoxy) is 2. The van der Waals surface area contributed by atoms with Gasteiger partial charge in [-0.15, -0.1) is 0 Å². The minimum Gasteiger partial charge on any atom is -0.489 e. The van der Waals surface area contributed by atoms with E-state index in [0.29, 0.717) is 12.2 Å². The number of hydrogen-bond acceptors (Lipinski definition) is 4. The predicted octanol–water partition coefficient (Wildman–Crippen LogP) is 3.08. The van der Waals surface area contributed by atoms with E-state index in [9.17, 15) is 9.18 Å². The first-order valence-corrected chi connectivity index (χ1v) is 6.59. The van der Waals surface area contributed by atoms with Crippen LogP contribution in [0.25, 0.3) is 0 Å². The van der Waals surface area contributed by atoms with E-state index in [1.54, 1.807) is 20.8 Å². The Morgan fingerprint density at radius 3 is 2.55 bits per heavy atom. The monoisotopic (exact) mass is 303 g/mol. The fourth-order valence-electron chi connectivity index (χ4n) is 1.85. The first kappa shape index (κ1) is 16.7. The lowest BCUT2D eigenvalue weighted by molar-refractivity contribution is -0.152. The normalized spacial score (nSPS) is 12.9. The lowest BCUT2D eigenvalue weighted by Crippen LogP contribution is -2.37. The number of esters is 1. The molecular formula is C14H19ClFNO3. The van der Waals surface area contributed by atoms with Gasteiger partial charge in [0.05, 0.1) is 24.2 Å². The zero-order valence-electron chi connectivity index (χ0n) is 12.0. The van der Waals surface area contributed by atoms with Crippen LogP contribution in [0.4, 0.5) is 4.39 Å². The second-order valence-corrected chi connectivity index (χ2v) is 5.34. The minimum absolute atomic E-state index is 0.0130. The summed E-state index contributed by atoms with van der Waals surface area (Å²) in [4.78, 5) is 11.7. The molecule has 0 aliphatic rings. The van der Waals surface area contributed by atoms with E-state index in [1.807, 2.05) is 0 Å². The van der Waals surface area contributed by atoms with Crippen molar-refractivity contribution in [3.05, 3.63) is 28.5 Å². The van der Waals surface area contributed by atoms with Crippen molar-refractivity contribution in [2.75, 3.05) is 13.7 Å². The zero-order valence-corrected chi connectivity index (χ0v) is 12.8. The molecule has 4 nitrogen and oxygen atoms in total. The Morgan fingerprint density at radius 1 is 1.50 bits per heavy atom. The van der Waals surface area contributed by atoms with E-state index >= 15 is 0 Å². The van der Waals surface area contributed by atoms with Gasteiger partial charge in [0.25, 0.3) is 0 Å². The third kappa shape index (κ3) is 3.22. The maximum Gasteiger partial charge on any atom is 0.313 e. The number of nitrogens with two attached hydrogens (primary N) is 1. The summed E-state index contributed by atoms with van der Waals surface area (Å²) < 4.78 is 23.8. The van der Waals surface area contributed by atoms with Gasteiger partial charge in [0.2, 0.25) is 0 Å². The van der Waals surface area contributed by atoms with Crippen LogP contribution in [-0.4, -0.2) is 19.7 Å². The third-order valence-corrected chi connectivity index (χ3v) is 3.44. The number of benzene rings is 1. The molecule has 0 aliphatic carbocycles. The van der Waals surface area contributed by atoms with E-state index in [0.717, 1.165) is 0 Å². The van der Waals surface area contributed by atoms with Crippen molar-refractivity contribution in [2.45, 2.75) is 26.8 Å². The van der Waals surface area contributed by atoms with E-state index in [4.69, 9.17) is 26.8 Å². The number of hydrogen-bond donors (Lipinski definition) is 1. The lowest BCUT2D eigenvalue weighted by Gasteiger charge is -2.29. The van der Waals surface area contributed by atoms with Gasteiger partial charge >= 0.3 is 5.97 Å². The summed E-state index contributed by atoms with van der Waals surface area (Å²) >= 11 is 5.98. The summed E-state index contributed by atoms with van der Waals surface area (Å²) in [6.07, 6.45) is 0. The van der Waals surface area contributed by atoms with Crippen LogP contribution in [0.5, 0.6) is 5.75 Å². The van der Waals surface area contributed by atoms with Gasteiger partial charge in [-0.25, -0.2) is 4.39 Å². The Bertz CT molecular complexity index is 482. The standard InChI is InChI=1S/C14H19ClFNO3/c1-5-20-11-9(15)6-8(7-10(11)16)12(17)14(2,3)13(18)19-4/h6-7,12H,5,17H2,1-4H3/t12-/m1/s1. The van der Waals surface area contributed by atoms with E-state index < -0.39 is 23.2 Å². The van der Waals surface area contributed by atoms with Crippen molar-refractivity contribution in [3.63, 3.8) is 0 Å². The van der Waals surface area contributed by atoms with Crippen molar-refractivity contribution in [2.24, 2.45) is 11.1 Å². The summed E-state index contributed by atoms with van der Waals surface area (Å²) in [5, 5.41) is 0.123. The molecule has 2 N–H and O–H groups in total. The molecular weight excluding hydrogens is 285 g/mol. The van der Waals surface area contributed by atoms with Crippen LogP contribution in [0.15, 0.2) is 12.1 Å². The first-order valence-electron chi connectivity index (χ1n) is 6.21. The van der Waals surface area contributed by atoms with Crippen LogP contribution < -0.4 is 10.5 Å². The average Bonchev–Trinajstić information content (AvgIpc) is 2.40. The van der Waals surface area contributed by atoms with Crippen LogP contribution in [0.1, 0.15) is 32.4 Å². The Kier molecular flexibility index (Phi) is 5.36. The highest BCUT2D eigenvalue weighted by atomic mass is 35.5. The molecule has 0 heterocycles. The van der Waals surface area contributed by atoms with E-state index in [1.165, 1.54) is 19.2 Å². The average molecular weight is 304 g/mol. The number of halogens is 2. The van der Waals surface area contributed by atoms with Crippen molar-refractivity contribution in [1.82, 2.24) is 0 Å². The summed E-state index contributed by atoms with van der Waals surface area (Å²) in [7, 11) is 1.28. The second-order valence-electron chi connectivity index (χ2n) is 4.94. The van der Waals surface area contributed by atoms with Crippen molar-refractivity contribution < 1.29 is 18.7 Å². The van der Waals surface area contributed by atoms with Crippen molar-refractivity contribution in [1.29, 1.82) is 0 Å². The second kappa shape index (κ2) is 6.41. The maximum absolute atomic E-state index is 13.9. The molecule has 0 spiro atoms. The summed E-state index contributed by atoms with van der Waals surface area (Å²) in [5.41, 5.74) is 5.45. The molecule has 0 amide bonds. The minimum atomic E-state index is -1.00. The fourth-order valence-corrected chi connectivity index (χ4v) is 2.12.